The number of alkyl halides is 4. The number of aromatic carboxylic acids is 1. The second-order valence-corrected chi connectivity index (χ2v) is 12.1. The minimum Gasteiger partial charge on any atom is -0.497 e. The van der Waals surface area contributed by atoms with Gasteiger partial charge in [0.1, 0.15) is 30.3 Å². The number of rotatable bonds is 12. The van der Waals surface area contributed by atoms with Crippen molar-refractivity contribution in [2.45, 2.75) is 43.7 Å². The highest BCUT2D eigenvalue weighted by Crippen LogP contribution is 2.39. The fourth-order valence-electron chi connectivity index (χ4n) is 5.88. The van der Waals surface area contributed by atoms with Crippen molar-refractivity contribution in [2.75, 3.05) is 13.7 Å². The van der Waals surface area contributed by atoms with E-state index in [-0.39, 0.29) is 16.7 Å². The summed E-state index contributed by atoms with van der Waals surface area (Å²) in [5.74, 6) is -3.04. The first-order chi connectivity index (χ1) is 25.9. The van der Waals surface area contributed by atoms with E-state index in [0.717, 1.165) is 0 Å². The molecule has 15 heteroatoms. The van der Waals surface area contributed by atoms with Crippen LogP contribution in [0.1, 0.15) is 54.3 Å². The van der Waals surface area contributed by atoms with Crippen LogP contribution in [0.2, 0.25) is 0 Å². The fourth-order valence-corrected chi connectivity index (χ4v) is 5.88. The molecule has 1 aliphatic heterocycles. The van der Waals surface area contributed by atoms with Gasteiger partial charge in [0.05, 0.1) is 35.8 Å². The zero-order valence-corrected chi connectivity index (χ0v) is 28.4. The van der Waals surface area contributed by atoms with Crippen molar-refractivity contribution in [3.8, 4) is 22.8 Å². The molecule has 2 heterocycles. The van der Waals surface area contributed by atoms with Gasteiger partial charge in [0.15, 0.2) is 6.17 Å². The Labute approximate surface area is 305 Å². The van der Waals surface area contributed by atoms with Gasteiger partial charge in [0, 0.05) is 6.42 Å². The zero-order valence-electron chi connectivity index (χ0n) is 28.4. The van der Waals surface area contributed by atoms with E-state index in [1.807, 2.05) is 5.10 Å². The van der Waals surface area contributed by atoms with E-state index in [4.69, 9.17) is 23.7 Å². The molecule has 0 radical (unpaired) electrons. The van der Waals surface area contributed by atoms with Gasteiger partial charge in [-0.15, -0.1) is 5.10 Å². The van der Waals surface area contributed by atoms with E-state index in [9.17, 15) is 32.7 Å². The number of benzene rings is 4. The molecule has 1 aromatic heterocycles. The van der Waals surface area contributed by atoms with Gasteiger partial charge in [0.25, 0.3) is 0 Å². The minimum absolute atomic E-state index is 0.0447. The van der Waals surface area contributed by atoms with E-state index >= 15 is 4.39 Å². The number of ether oxygens (including phenoxy) is 5. The molecule has 0 spiro atoms. The number of H-pyrrole nitrogens is 1. The SMILES string of the molecule is COc1ccc(Cc2c(OC3CC(OC(=O)c4ccccc4)C(F)C(COC(=O)c4ccccc4)O3)n[nH]c2C(F)(F)F)c(-c2cccc(C(=O)O)c2)c1. The first-order valence-electron chi connectivity index (χ1n) is 16.5. The second kappa shape index (κ2) is 16.2. The molecule has 280 valence electrons. The van der Waals surface area contributed by atoms with Crippen molar-refractivity contribution >= 4 is 17.9 Å². The Morgan fingerprint density at radius 3 is 2.20 bits per heavy atom. The number of nitrogens with zero attached hydrogens (tertiary/aromatic N) is 1. The van der Waals surface area contributed by atoms with Crippen LogP contribution < -0.4 is 9.47 Å². The lowest BCUT2D eigenvalue weighted by Crippen LogP contribution is -2.51. The molecular formula is C39H32F4N2O9. The highest BCUT2D eigenvalue weighted by atomic mass is 19.4. The second-order valence-electron chi connectivity index (χ2n) is 12.1. The molecule has 5 aromatic rings. The maximum atomic E-state index is 16.0. The van der Waals surface area contributed by atoms with Gasteiger partial charge >= 0.3 is 24.1 Å². The van der Waals surface area contributed by atoms with Gasteiger partial charge in [-0.1, -0.05) is 54.6 Å². The lowest BCUT2D eigenvalue weighted by molar-refractivity contribution is -0.215. The Balaban J connectivity index is 1.31. The largest absolute Gasteiger partial charge is 0.497 e. The first-order valence-corrected chi connectivity index (χ1v) is 16.5. The minimum atomic E-state index is -4.93. The zero-order chi connectivity index (χ0) is 38.4. The fraction of sp³-hybridized carbons (Fsp3) is 0.231. The van der Waals surface area contributed by atoms with Crippen LogP contribution >= 0.6 is 0 Å². The summed E-state index contributed by atoms with van der Waals surface area (Å²) in [6, 6.07) is 26.1. The van der Waals surface area contributed by atoms with Crippen LogP contribution in [0, 0.1) is 0 Å². The number of aromatic amines is 1. The average molecular weight is 749 g/mol. The number of esters is 2. The van der Waals surface area contributed by atoms with Crippen molar-refractivity contribution in [3.05, 3.63) is 137 Å². The summed E-state index contributed by atoms with van der Waals surface area (Å²) in [6.45, 7) is -0.653. The molecule has 4 aromatic carbocycles. The predicted octanol–water partition coefficient (Wildman–Crippen LogP) is 7.31. The van der Waals surface area contributed by atoms with E-state index in [1.54, 1.807) is 48.5 Å². The molecular weight excluding hydrogens is 716 g/mol. The third-order valence-corrected chi connectivity index (χ3v) is 8.58. The molecule has 6 rings (SSSR count). The number of hydrogen-bond acceptors (Lipinski definition) is 9. The molecule has 1 saturated heterocycles. The summed E-state index contributed by atoms with van der Waals surface area (Å²) in [5.41, 5.74) is -0.340. The monoisotopic (exact) mass is 748 g/mol. The van der Waals surface area contributed by atoms with Gasteiger partial charge in [0.2, 0.25) is 12.2 Å². The van der Waals surface area contributed by atoms with Gasteiger partial charge in [-0.2, -0.15) is 13.2 Å². The summed E-state index contributed by atoms with van der Waals surface area (Å²) in [6.07, 6.45) is -12.5. The van der Waals surface area contributed by atoms with E-state index in [1.165, 1.54) is 61.7 Å². The van der Waals surface area contributed by atoms with Crippen molar-refractivity contribution < 1.29 is 60.7 Å². The number of methoxy groups -OCH3 is 1. The molecule has 1 fully saturated rings. The van der Waals surface area contributed by atoms with Gasteiger partial charge in [-0.05, 0) is 65.2 Å². The smallest absolute Gasteiger partial charge is 0.433 e. The molecule has 0 saturated carbocycles. The third kappa shape index (κ3) is 8.69. The third-order valence-electron chi connectivity index (χ3n) is 8.58. The average Bonchev–Trinajstić information content (AvgIpc) is 3.58. The molecule has 54 heavy (non-hydrogen) atoms. The number of nitrogens with one attached hydrogen (secondary N) is 1. The Bertz CT molecular complexity index is 2110. The standard InChI is InChI=1S/C39H32F4N2O9/c1-50-27-16-15-25(28(19-27)24-13-8-14-26(17-24)36(46)47)18-29-34(39(41,42)43)44-45-35(29)54-32-20-30(53-38(49)23-11-6-3-7-12-23)33(40)31(52-32)21-51-37(48)22-9-4-2-5-10-22/h2-17,19,30-33H,18,20-21H2,1H3,(H,44,45)(H,46,47). The number of aromatic nitrogens is 2. The first kappa shape index (κ1) is 37.5. The van der Waals surface area contributed by atoms with Crippen LogP contribution in [0.3, 0.4) is 0 Å². The number of carboxylic acids is 1. The maximum Gasteiger partial charge on any atom is 0.433 e. The van der Waals surface area contributed by atoms with Gasteiger partial charge in [-0.25, -0.2) is 18.8 Å². The summed E-state index contributed by atoms with van der Waals surface area (Å²) >= 11 is 0. The summed E-state index contributed by atoms with van der Waals surface area (Å²) < 4.78 is 87.1. The number of hydrogen-bond donors (Lipinski definition) is 2. The predicted molar refractivity (Wildman–Crippen MR) is 183 cm³/mol. The lowest BCUT2D eigenvalue weighted by atomic mass is 9.93. The topological polar surface area (TPSA) is 146 Å². The number of carbonyl (C=O) groups is 3. The quantitative estimate of drug-likeness (QED) is 0.0984. The van der Waals surface area contributed by atoms with Gasteiger partial charge in [-0.3, -0.25) is 5.10 Å². The highest BCUT2D eigenvalue weighted by Gasteiger charge is 2.45. The van der Waals surface area contributed by atoms with Crippen LogP contribution in [-0.4, -0.2) is 71.6 Å². The number of carbonyl (C=O) groups excluding carboxylic acids is 2. The van der Waals surface area contributed by atoms with Crippen LogP contribution in [0.4, 0.5) is 17.6 Å². The van der Waals surface area contributed by atoms with Crippen LogP contribution in [0.15, 0.2) is 103 Å². The van der Waals surface area contributed by atoms with Gasteiger partial charge < -0.3 is 28.8 Å². The Kier molecular flexibility index (Phi) is 11.3. The Hall–Kier alpha value is -6.22. The molecule has 0 aliphatic carbocycles. The molecule has 4 atom stereocenters. The van der Waals surface area contributed by atoms with Crippen LogP contribution in [0.25, 0.3) is 11.1 Å². The van der Waals surface area contributed by atoms with Crippen LogP contribution in [-0.2, 0) is 26.8 Å². The van der Waals surface area contributed by atoms with E-state index < -0.39 is 85.3 Å². The lowest BCUT2D eigenvalue weighted by Gasteiger charge is -2.37. The molecule has 0 bridgehead atoms. The number of halogens is 4. The molecule has 0 amide bonds. The Morgan fingerprint density at radius 2 is 1.56 bits per heavy atom. The molecule has 11 nitrogen and oxygen atoms in total. The van der Waals surface area contributed by atoms with Crippen LogP contribution in [0.5, 0.6) is 11.6 Å². The summed E-state index contributed by atoms with van der Waals surface area (Å²) in [7, 11) is 1.41. The number of carboxylic acid groups (broad SMARTS) is 1. The highest BCUT2D eigenvalue weighted by molar-refractivity contribution is 5.90. The summed E-state index contributed by atoms with van der Waals surface area (Å²) in [4.78, 5) is 37.3. The van der Waals surface area contributed by atoms with E-state index in [2.05, 4.69) is 5.10 Å². The van der Waals surface area contributed by atoms with Crippen molar-refractivity contribution in [1.29, 1.82) is 0 Å². The normalized spacial score (nSPS) is 18.4. The molecule has 4 unspecified atom stereocenters. The van der Waals surface area contributed by atoms with E-state index in [0.29, 0.717) is 22.4 Å². The molecule has 1 aliphatic rings. The van der Waals surface area contributed by atoms with Crippen molar-refractivity contribution in [1.82, 2.24) is 10.2 Å². The van der Waals surface area contributed by atoms with Crippen molar-refractivity contribution in [3.63, 3.8) is 0 Å². The van der Waals surface area contributed by atoms with Crippen molar-refractivity contribution in [2.24, 2.45) is 0 Å². The maximum absolute atomic E-state index is 16.0. The molecule has 2 N–H and O–H groups in total. The summed E-state index contributed by atoms with van der Waals surface area (Å²) in [5, 5.41) is 15.3. The Morgan fingerprint density at radius 1 is 0.889 bits per heavy atom.